The van der Waals surface area contributed by atoms with E-state index < -0.39 is 4.92 Å². The molecule has 0 saturated carbocycles. The molecule has 0 N–H and O–H groups in total. The van der Waals surface area contributed by atoms with Crippen molar-refractivity contribution < 1.29 is 4.92 Å². The van der Waals surface area contributed by atoms with Crippen LogP contribution in [0.1, 0.15) is 5.56 Å². The summed E-state index contributed by atoms with van der Waals surface area (Å²) in [5, 5.41) is 18.9. The number of nitro groups is 1. The average molecular weight is 280 g/mol. The van der Waals surface area contributed by atoms with Crippen LogP contribution in [0.5, 0.6) is 0 Å². The molecule has 0 radical (unpaired) electrons. The van der Waals surface area contributed by atoms with Gasteiger partial charge in [-0.05, 0) is 30.7 Å². The molecular weight excluding hydrogens is 268 g/mol. The Morgan fingerprint density at radius 2 is 1.90 bits per heavy atom. The summed E-state index contributed by atoms with van der Waals surface area (Å²) in [7, 11) is 0. The second-order valence-electron chi connectivity index (χ2n) is 4.62. The maximum absolute atomic E-state index is 10.8. The number of non-ortho nitro benzene ring substituents is 1. The van der Waals surface area contributed by atoms with E-state index in [1.807, 2.05) is 41.8 Å². The standard InChI is InChI=1S/C15H12N4O2/c1-11-9-13(19(20)21)7-8-14(11)15-17-16-10-18(15)12-5-3-2-4-6-12/h2-10H,1H3. The maximum Gasteiger partial charge on any atom is 0.269 e. The van der Waals surface area contributed by atoms with Gasteiger partial charge in [0.1, 0.15) is 6.33 Å². The van der Waals surface area contributed by atoms with E-state index in [1.54, 1.807) is 18.5 Å². The highest BCUT2D eigenvalue weighted by atomic mass is 16.6. The van der Waals surface area contributed by atoms with Gasteiger partial charge >= 0.3 is 0 Å². The van der Waals surface area contributed by atoms with Gasteiger partial charge in [0.15, 0.2) is 5.82 Å². The lowest BCUT2D eigenvalue weighted by Crippen LogP contribution is -1.98. The fourth-order valence-corrected chi connectivity index (χ4v) is 2.21. The number of nitro benzene ring substituents is 1. The molecule has 1 aromatic heterocycles. The monoisotopic (exact) mass is 280 g/mol. The molecule has 0 spiro atoms. The molecule has 3 aromatic rings. The van der Waals surface area contributed by atoms with Crippen LogP contribution in [-0.4, -0.2) is 19.7 Å². The van der Waals surface area contributed by atoms with Gasteiger partial charge in [-0.2, -0.15) is 0 Å². The lowest BCUT2D eigenvalue weighted by atomic mass is 10.1. The summed E-state index contributed by atoms with van der Waals surface area (Å²) in [4.78, 5) is 10.4. The highest BCUT2D eigenvalue weighted by molar-refractivity contribution is 5.64. The van der Waals surface area contributed by atoms with Crippen molar-refractivity contribution in [3.05, 3.63) is 70.5 Å². The van der Waals surface area contributed by atoms with E-state index in [0.717, 1.165) is 16.8 Å². The lowest BCUT2D eigenvalue weighted by Gasteiger charge is -2.08. The Bertz CT molecular complexity index is 796. The van der Waals surface area contributed by atoms with Crippen molar-refractivity contribution in [2.75, 3.05) is 0 Å². The molecule has 3 rings (SSSR count). The number of para-hydroxylation sites is 1. The Hall–Kier alpha value is -3.02. The maximum atomic E-state index is 10.8. The molecular formula is C15H12N4O2. The summed E-state index contributed by atoms with van der Waals surface area (Å²) in [6.45, 7) is 1.83. The molecule has 6 nitrogen and oxygen atoms in total. The first kappa shape index (κ1) is 13.0. The molecule has 0 amide bonds. The zero-order valence-corrected chi connectivity index (χ0v) is 11.3. The Kier molecular flexibility index (Phi) is 3.19. The van der Waals surface area contributed by atoms with Crippen molar-refractivity contribution in [3.8, 4) is 17.1 Å². The number of hydrogen-bond donors (Lipinski definition) is 0. The second kappa shape index (κ2) is 5.16. The van der Waals surface area contributed by atoms with E-state index >= 15 is 0 Å². The quantitative estimate of drug-likeness (QED) is 0.545. The molecule has 104 valence electrons. The molecule has 1 heterocycles. The number of nitrogens with zero attached hydrogens (tertiary/aromatic N) is 4. The molecule has 0 unspecified atom stereocenters. The summed E-state index contributed by atoms with van der Waals surface area (Å²) >= 11 is 0. The normalized spacial score (nSPS) is 10.5. The fraction of sp³-hybridized carbons (Fsp3) is 0.0667. The Labute approximate surface area is 120 Å². The molecule has 0 bridgehead atoms. The minimum absolute atomic E-state index is 0.0713. The van der Waals surface area contributed by atoms with Crippen molar-refractivity contribution in [1.29, 1.82) is 0 Å². The zero-order chi connectivity index (χ0) is 14.8. The Balaban J connectivity index is 2.11. The van der Waals surface area contributed by atoms with Crippen LogP contribution in [0.25, 0.3) is 17.1 Å². The average Bonchev–Trinajstić information content (AvgIpc) is 2.97. The third kappa shape index (κ3) is 2.38. The van der Waals surface area contributed by atoms with Gasteiger partial charge in [-0.15, -0.1) is 10.2 Å². The van der Waals surface area contributed by atoms with Crippen molar-refractivity contribution in [3.63, 3.8) is 0 Å². The first-order valence-corrected chi connectivity index (χ1v) is 6.37. The predicted octanol–water partition coefficient (Wildman–Crippen LogP) is 3.15. The minimum atomic E-state index is -0.404. The lowest BCUT2D eigenvalue weighted by molar-refractivity contribution is -0.384. The van der Waals surface area contributed by atoms with Crippen molar-refractivity contribution in [2.45, 2.75) is 6.92 Å². The van der Waals surface area contributed by atoms with E-state index in [9.17, 15) is 10.1 Å². The first-order valence-electron chi connectivity index (χ1n) is 6.37. The molecule has 0 fully saturated rings. The number of hydrogen-bond acceptors (Lipinski definition) is 4. The summed E-state index contributed by atoms with van der Waals surface area (Å²) in [6, 6.07) is 14.4. The van der Waals surface area contributed by atoms with Gasteiger partial charge in [0.2, 0.25) is 0 Å². The summed E-state index contributed by atoms with van der Waals surface area (Å²) in [5.74, 6) is 0.661. The largest absolute Gasteiger partial charge is 0.282 e. The van der Waals surface area contributed by atoms with Gasteiger partial charge in [0.05, 0.1) is 4.92 Å². The number of rotatable bonds is 3. The van der Waals surface area contributed by atoms with Crippen molar-refractivity contribution in [1.82, 2.24) is 14.8 Å². The molecule has 6 heteroatoms. The molecule has 2 aromatic carbocycles. The third-order valence-corrected chi connectivity index (χ3v) is 3.24. The number of aromatic nitrogens is 3. The molecule has 21 heavy (non-hydrogen) atoms. The fourth-order valence-electron chi connectivity index (χ4n) is 2.21. The van der Waals surface area contributed by atoms with Crippen LogP contribution >= 0.6 is 0 Å². The van der Waals surface area contributed by atoms with Crippen molar-refractivity contribution >= 4 is 5.69 Å². The van der Waals surface area contributed by atoms with E-state index in [2.05, 4.69) is 10.2 Å². The van der Waals surface area contributed by atoms with Crippen molar-refractivity contribution in [2.24, 2.45) is 0 Å². The smallest absolute Gasteiger partial charge is 0.269 e. The van der Waals surface area contributed by atoms with Crippen LogP contribution in [0.3, 0.4) is 0 Å². The van der Waals surface area contributed by atoms with Crippen LogP contribution in [0.2, 0.25) is 0 Å². The minimum Gasteiger partial charge on any atom is -0.282 e. The second-order valence-corrected chi connectivity index (χ2v) is 4.62. The molecule has 0 aliphatic heterocycles. The van der Waals surface area contributed by atoms with Crippen LogP contribution in [0, 0.1) is 17.0 Å². The highest BCUT2D eigenvalue weighted by Crippen LogP contribution is 2.26. The SMILES string of the molecule is Cc1cc([N+](=O)[O-])ccc1-c1nncn1-c1ccccc1. The van der Waals surface area contributed by atoms with Gasteiger partial charge in [-0.3, -0.25) is 14.7 Å². The summed E-state index contributed by atoms with van der Waals surface area (Å²) < 4.78 is 1.86. The molecule has 0 aliphatic rings. The number of benzene rings is 2. The third-order valence-electron chi connectivity index (χ3n) is 3.24. The van der Waals surface area contributed by atoms with Gasteiger partial charge in [0.25, 0.3) is 5.69 Å². The Morgan fingerprint density at radius 3 is 2.57 bits per heavy atom. The van der Waals surface area contributed by atoms with Crippen LogP contribution in [0.15, 0.2) is 54.9 Å². The van der Waals surface area contributed by atoms with Crippen LogP contribution in [-0.2, 0) is 0 Å². The molecule has 0 saturated heterocycles. The van der Waals surface area contributed by atoms with E-state index in [4.69, 9.17) is 0 Å². The van der Waals surface area contributed by atoms with Crippen LogP contribution in [0.4, 0.5) is 5.69 Å². The summed E-state index contributed by atoms with van der Waals surface area (Å²) in [6.07, 6.45) is 1.63. The van der Waals surface area contributed by atoms with Gasteiger partial charge in [0, 0.05) is 23.4 Å². The van der Waals surface area contributed by atoms with E-state index in [0.29, 0.717) is 5.82 Å². The van der Waals surface area contributed by atoms with Gasteiger partial charge < -0.3 is 0 Å². The highest BCUT2D eigenvalue weighted by Gasteiger charge is 2.14. The zero-order valence-electron chi connectivity index (χ0n) is 11.3. The molecule has 0 aliphatic carbocycles. The predicted molar refractivity (Wildman–Crippen MR) is 78.2 cm³/mol. The van der Waals surface area contributed by atoms with E-state index in [1.165, 1.54) is 6.07 Å². The van der Waals surface area contributed by atoms with Crippen LogP contribution < -0.4 is 0 Å². The first-order chi connectivity index (χ1) is 10.2. The Morgan fingerprint density at radius 1 is 1.14 bits per heavy atom. The van der Waals surface area contributed by atoms with Gasteiger partial charge in [-0.25, -0.2) is 0 Å². The van der Waals surface area contributed by atoms with Gasteiger partial charge in [-0.1, -0.05) is 18.2 Å². The van der Waals surface area contributed by atoms with E-state index in [-0.39, 0.29) is 5.69 Å². The number of aryl methyl sites for hydroxylation is 1. The topological polar surface area (TPSA) is 73.8 Å². The molecule has 0 atom stereocenters. The summed E-state index contributed by atoms with van der Waals surface area (Å²) in [5.41, 5.74) is 2.62.